The van der Waals surface area contributed by atoms with Crippen LogP contribution in [-0.4, -0.2) is 56.0 Å². The Morgan fingerprint density at radius 2 is 2.06 bits per heavy atom. The molecule has 6 nitrogen and oxygen atoms in total. The second-order valence-corrected chi connectivity index (χ2v) is 3.80. The van der Waals surface area contributed by atoms with E-state index in [4.69, 9.17) is 14.2 Å². The lowest BCUT2D eigenvalue weighted by molar-refractivity contribution is -0.137. The standard InChI is InChI=1S/C12H19NO5/c1-3-17-11(14)5-4-10(2)18-12(15)13-6-8-16-9-7-13/h4-5,10H,3,6-9H2,1-2H3/b5-4-/t10-/m0/s1. The molecule has 1 atom stereocenters. The third-order valence-electron chi connectivity index (χ3n) is 2.35. The molecule has 1 heterocycles. The van der Waals surface area contributed by atoms with Gasteiger partial charge in [0.05, 0.1) is 19.8 Å². The number of hydrogen-bond acceptors (Lipinski definition) is 5. The van der Waals surface area contributed by atoms with Crippen LogP contribution in [0.2, 0.25) is 0 Å². The van der Waals surface area contributed by atoms with Gasteiger partial charge >= 0.3 is 12.1 Å². The first-order valence-corrected chi connectivity index (χ1v) is 6.01. The highest BCUT2D eigenvalue weighted by molar-refractivity contribution is 5.82. The molecule has 1 aliphatic rings. The largest absolute Gasteiger partial charge is 0.463 e. The van der Waals surface area contributed by atoms with Gasteiger partial charge in [-0.15, -0.1) is 0 Å². The van der Waals surface area contributed by atoms with Crippen LogP contribution in [0.3, 0.4) is 0 Å². The fraction of sp³-hybridized carbons (Fsp3) is 0.667. The molecule has 1 saturated heterocycles. The number of nitrogens with zero attached hydrogens (tertiary/aromatic N) is 1. The number of morpholine rings is 1. The Balaban J connectivity index is 2.32. The van der Waals surface area contributed by atoms with Gasteiger partial charge in [-0.1, -0.05) is 0 Å². The SMILES string of the molecule is CCOC(=O)/C=C\[C@H](C)OC(=O)N1CCOCC1. The molecule has 102 valence electrons. The Hall–Kier alpha value is -1.56. The van der Waals surface area contributed by atoms with Crippen LogP contribution in [0, 0.1) is 0 Å². The van der Waals surface area contributed by atoms with Gasteiger partial charge in [0.25, 0.3) is 0 Å². The Bertz CT molecular complexity index is 310. The monoisotopic (exact) mass is 257 g/mol. The van der Waals surface area contributed by atoms with E-state index in [0.29, 0.717) is 32.9 Å². The van der Waals surface area contributed by atoms with E-state index in [1.54, 1.807) is 18.7 Å². The molecule has 6 heteroatoms. The first-order valence-electron chi connectivity index (χ1n) is 6.01. The van der Waals surface area contributed by atoms with E-state index in [1.165, 1.54) is 12.2 Å². The summed E-state index contributed by atoms with van der Waals surface area (Å²) in [6, 6.07) is 0. The first kappa shape index (κ1) is 14.5. The van der Waals surface area contributed by atoms with Crippen molar-refractivity contribution < 1.29 is 23.8 Å². The summed E-state index contributed by atoms with van der Waals surface area (Å²) in [5.41, 5.74) is 0. The van der Waals surface area contributed by atoms with E-state index in [0.717, 1.165) is 0 Å². The molecule has 0 bridgehead atoms. The number of rotatable bonds is 4. The van der Waals surface area contributed by atoms with Gasteiger partial charge in [-0.2, -0.15) is 0 Å². The summed E-state index contributed by atoms with van der Waals surface area (Å²) in [7, 11) is 0. The summed E-state index contributed by atoms with van der Waals surface area (Å²) in [5, 5.41) is 0. The molecule has 0 spiro atoms. The van der Waals surface area contributed by atoms with E-state index in [2.05, 4.69) is 0 Å². The molecule has 0 aliphatic carbocycles. The van der Waals surface area contributed by atoms with Gasteiger partial charge in [0.15, 0.2) is 0 Å². The lowest BCUT2D eigenvalue weighted by atomic mass is 10.3. The second-order valence-electron chi connectivity index (χ2n) is 3.80. The second kappa shape index (κ2) is 7.71. The lowest BCUT2D eigenvalue weighted by Gasteiger charge is -2.26. The van der Waals surface area contributed by atoms with Crippen LogP contribution in [0.25, 0.3) is 0 Å². The first-order chi connectivity index (χ1) is 8.63. The molecule has 1 fully saturated rings. The van der Waals surface area contributed by atoms with Crippen LogP contribution in [0.1, 0.15) is 13.8 Å². The third kappa shape index (κ3) is 5.18. The highest BCUT2D eigenvalue weighted by Gasteiger charge is 2.19. The predicted molar refractivity (Wildman–Crippen MR) is 64.1 cm³/mol. The van der Waals surface area contributed by atoms with E-state index in [1.807, 2.05) is 0 Å². The summed E-state index contributed by atoms with van der Waals surface area (Å²) < 4.78 is 15.0. The Morgan fingerprint density at radius 1 is 1.39 bits per heavy atom. The van der Waals surface area contributed by atoms with E-state index >= 15 is 0 Å². The van der Waals surface area contributed by atoms with Crippen molar-refractivity contribution in [3.05, 3.63) is 12.2 Å². The van der Waals surface area contributed by atoms with Crippen LogP contribution in [0.5, 0.6) is 0 Å². The third-order valence-corrected chi connectivity index (χ3v) is 2.35. The summed E-state index contributed by atoms with van der Waals surface area (Å²) in [4.78, 5) is 24.3. The molecule has 0 radical (unpaired) electrons. The normalized spacial score (nSPS) is 17.6. The van der Waals surface area contributed by atoms with Gasteiger partial charge in [0.2, 0.25) is 0 Å². The molecule has 0 N–H and O–H groups in total. The molecule has 0 unspecified atom stereocenters. The number of hydrogen-bond donors (Lipinski definition) is 0. The Kier molecular flexibility index (Phi) is 6.21. The zero-order valence-corrected chi connectivity index (χ0v) is 10.8. The van der Waals surface area contributed by atoms with E-state index < -0.39 is 12.1 Å². The number of carbonyl (C=O) groups is 2. The smallest absolute Gasteiger partial charge is 0.410 e. The van der Waals surface area contributed by atoms with Gasteiger partial charge in [-0.3, -0.25) is 0 Å². The predicted octanol–water partition coefficient (Wildman–Crippen LogP) is 0.963. The summed E-state index contributed by atoms with van der Waals surface area (Å²) in [5.74, 6) is -0.438. The lowest BCUT2D eigenvalue weighted by Crippen LogP contribution is -2.41. The van der Waals surface area contributed by atoms with E-state index in [-0.39, 0.29) is 6.09 Å². The van der Waals surface area contributed by atoms with Crippen LogP contribution in [0.15, 0.2) is 12.2 Å². The average Bonchev–Trinajstić information content (AvgIpc) is 2.38. The van der Waals surface area contributed by atoms with Gasteiger partial charge < -0.3 is 19.1 Å². The number of esters is 1. The average molecular weight is 257 g/mol. The van der Waals surface area contributed by atoms with Crippen LogP contribution < -0.4 is 0 Å². The van der Waals surface area contributed by atoms with Gasteiger partial charge in [-0.25, -0.2) is 9.59 Å². The minimum Gasteiger partial charge on any atom is -0.463 e. The molecule has 0 aromatic rings. The van der Waals surface area contributed by atoms with Crippen molar-refractivity contribution in [1.29, 1.82) is 0 Å². The number of amides is 1. The topological polar surface area (TPSA) is 65.1 Å². The highest BCUT2D eigenvalue weighted by atomic mass is 16.6. The van der Waals surface area contributed by atoms with Crippen molar-refractivity contribution >= 4 is 12.1 Å². The van der Waals surface area contributed by atoms with Crippen LogP contribution in [-0.2, 0) is 19.0 Å². The summed E-state index contributed by atoms with van der Waals surface area (Å²) in [6.45, 7) is 5.87. The fourth-order valence-corrected chi connectivity index (χ4v) is 1.42. The fourth-order valence-electron chi connectivity index (χ4n) is 1.42. The molecule has 0 saturated carbocycles. The zero-order valence-electron chi connectivity index (χ0n) is 10.8. The maximum Gasteiger partial charge on any atom is 0.410 e. The summed E-state index contributed by atoms with van der Waals surface area (Å²) in [6.07, 6.45) is 1.90. The molecular formula is C12H19NO5. The molecule has 1 rings (SSSR count). The maximum atomic E-state index is 11.7. The van der Waals surface area contributed by atoms with Crippen molar-refractivity contribution in [3.8, 4) is 0 Å². The molecule has 1 aliphatic heterocycles. The Morgan fingerprint density at radius 3 is 2.67 bits per heavy atom. The molecule has 0 aromatic heterocycles. The molecule has 1 amide bonds. The highest BCUT2D eigenvalue weighted by Crippen LogP contribution is 2.03. The van der Waals surface area contributed by atoms with Crippen molar-refractivity contribution in [2.24, 2.45) is 0 Å². The summed E-state index contributed by atoms with van der Waals surface area (Å²) >= 11 is 0. The van der Waals surface area contributed by atoms with E-state index in [9.17, 15) is 9.59 Å². The van der Waals surface area contributed by atoms with Crippen molar-refractivity contribution in [1.82, 2.24) is 4.90 Å². The molecule has 0 aromatic carbocycles. The van der Waals surface area contributed by atoms with Gasteiger partial charge in [0, 0.05) is 19.2 Å². The minimum atomic E-state index is -0.468. The Labute approximate surface area is 106 Å². The van der Waals surface area contributed by atoms with Crippen molar-refractivity contribution in [2.45, 2.75) is 20.0 Å². The number of ether oxygens (including phenoxy) is 3. The van der Waals surface area contributed by atoms with Crippen LogP contribution >= 0.6 is 0 Å². The quantitative estimate of drug-likeness (QED) is 0.554. The zero-order chi connectivity index (χ0) is 13.4. The van der Waals surface area contributed by atoms with Gasteiger partial charge in [0.1, 0.15) is 6.10 Å². The molecule has 18 heavy (non-hydrogen) atoms. The van der Waals surface area contributed by atoms with Crippen molar-refractivity contribution in [3.63, 3.8) is 0 Å². The van der Waals surface area contributed by atoms with Gasteiger partial charge in [-0.05, 0) is 19.9 Å². The van der Waals surface area contributed by atoms with Crippen LogP contribution in [0.4, 0.5) is 4.79 Å². The maximum absolute atomic E-state index is 11.7. The van der Waals surface area contributed by atoms with Crippen molar-refractivity contribution in [2.75, 3.05) is 32.9 Å². The minimum absolute atomic E-state index is 0.325. The molecular weight excluding hydrogens is 238 g/mol. The number of carbonyl (C=O) groups excluding carboxylic acids is 2.